The molecule has 1 atom stereocenters. The van der Waals surface area contributed by atoms with E-state index in [1.807, 2.05) is 39.0 Å². The van der Waals surface area contributed by atoms with Gasteiger partial charge < -0.3 is 25.0 Å². The van der Waals surface area contributed by atoms with E-state index in [2.05, 4.69) is 33.5 Å². The molecule has 1 unspecified atom stereocenters. The van der Waals surface area contributed by atoms with Gasteiger partial charge in [0.25, 0.3) is 0 Å². The van der Waals surface area contributed by atoms with Gasteiger partial charge >= 0.3 is 6.09 Å². The Bertz CT molecular complexity index is 676. The third-order valence-corrected chi connectivity index (χ3v) is 4.24. The van der Waals surface area contributed by atoms with Gasteiger partial charge in [0.15, 0.2) is 5.96 Å². The van der Waals surface area contributed by atoms with Gasteiger partial charge in [-0.3, -0.25) is 4.99 Å². The first-order valence-corrected chi connectivity index (χ1v) is 9.97. The van der Waals surface area contributed by atoms with Crippen molar-refractivity contribution >= 4 is 36.0 Å². The number of amides is 1. The number of rotatable bonds is 6. The third-order valence-electron chi connectivity index (χ3n) is 4.24. The maximum absolute atomic E-state index is 12.0. The number of guanidine groups is 1. The summed E-state index contributed by atoms with van der Waals surface area (Å²) in [5, 5.41) is 6.34. The van der Waals surface area contributed by atoms with Gasteiger partial charge in [-0.25, -0.2) is 4.79 Å². The highest BCUT2D eigenvalue weighted by Crippen LogP contribution is 2.15. The van der Waals surface area contributed by atoms with Crippen molar-refractivity contribution < 1.29 is 14.3 Å². The van der Waals surface area contributed by atoms with Crippen molar-refractivity contribution in [1.29, 1.82) is 0 Å². The third kappa shape index (κ3) is 9.10. The quantitative estimate of drug-likeness (QED) is 0.341. The summed E-state index contributed by atoms with van der Waals surface area (Å²) in [6.45, 7) is 10.6. The van der Waals surface area contributed by atoms with E-state index >= 15 is 0 Å². The largest absolute Gasteiger partial charge is 0.494 e. The van der Waals surface area contributed by atoms with Gasteiger partial charge in [0.05, 0.1) is 12.6 Å². The van der Waals surface area contributed by atoms with Crippen LogP contribution in [0.3, 0.4) is 0 Å². The lowest BCUT2D eigenvalue weighted by Gasteiger charge is -2.23. The average Bonchev–Trinajstić information content (AvgIpc) is 3.07. The second-order valence-corrected chi connectivity index (χ2v) is 7.97. The Morgan fingerprint density at radius 1 is 1.34 bits per heavy atom. The molecule has 0 spiro atoms. The predicted octanol–water partition coefficient (Wildman–Crippen LogP) is 3.77. The van der Waals surface area contributed by atoms with E-state index in [-0.39, 0.29) is 36.1 Å². The van der Waals surface area contributed by atoms with Crippen LogP contribution in [-0.4, -0.2) is 55.3 Å². The van der Waals surface area contributed by atoms with E-state index in [0.29, 0.717) is 13.1 Å². The molecule has 0 aromatic heterocycles. The van der Waals surface area contributed by atoms with Gasteiger partial charge in [-0.2, -0.15) is 0 Å². The number of nitrogens with zero attached hydrogens (tertiary/aromatic N) is 2. The number of ether oxygens (including phenoxy) is 2. The Morgan fingerprint density at radius 3 is 2.76 bits per heavy atom. The average molecular weight is 518 g/mol. The monoisotopic (exact) mass is 518 g/mol. The minimum absolute atomic E-state index is 0. The van der Waals surface area contributed by atoms with Crippen molar-refractivity contribution in [3.05, 3.63) is 29.8 Å². The van der Waals surface area contributed by atoms with Crippen LogP contribution in [0.5, 0.6) is 5.75 Å². The highest BCUT2D eigenvalue weighted by Gasteiger charge is 2.27. The standard InChI is InChI=1S/C21H34N4O3.HI/c1-6-12-27-18-9-7-8-16(13-18)14-23-19(22-5)25-11-10-17(15-25)24-20(26)28-21(2,3)4;/h7-9,13,17H,6,10-12,14-15H2,1-5H3,(H,22,23)(H,24,26);1H. The highest BCUT2D eigenvalue weighted by molar-refractivity contribution is 14.0. The molecular weight excluding hydrogens is 483 g/mol. The fourth-order valence-corrected chi connectivity index (χ4v) is 3.02. The Hall–Kier alpha value is -1.71. The fourth-order valence-electron chi connectivity index (χ4n) is 3.02. The summed E-state index contributed by atoms with van der Waals surface area (Å²) >= 11 is 0. The minimum Gasteiger partial charge on any atom is -0.494 e. The van der Waals surface area contributed by atoms with Crippen molar-refractivity contribution in [2.75, 3.05) is 26.7 Å². The van der Waals surface area contributed by atoms with Crippen LogP contribution in [0, 0.1) is 0 Å². The maximum Gasteiger partial charge on any atom is 0.407 e. The van der Waals surface area contributed by atoms with E-state index in [0.717, 1.165) is 43.3 Å². The number of halogens is 1. The predicted molar refractivity (Wildman–Crippen MR) is 127 cm³/mol. The van der Waals surface area contributed by atoms with E-state index in [1.54, 1.807) is 7.05 Å². The topological polar surface area (TPSA) is 75.2 Å². The number of carbonyl (C=O) groups is 1. The minimum atomic E-state index is -0.491. The van der Waals surface area contributed by atoms with Crippen LogP contribution >= 0.6 is 24.0 Å². The van der Waals surface area contributed by atoms with E-state index < -0.39 is 5.60 Å². The second-order valence-electron chi connectivity index (χ2n) is 7.97. The zero-order valence-corrected chi connectivity index (χ0v) is 20.5. The van der Waals surface area contributed by atoms with Crippen LogP contribution in [-0.2, 0) is 11.3 Å². The number of alkyl carbamates (subject to hydrolysis) is 1. The smallest absolute Gasteiger partial charge is 0.407 e. The summed E-state index contributed by atoms with van der Waals surface area (Å²) in [7, 11) is 1.78. The van der Waals surface area contributed by atoms with E-state index in [1.165, 1.54) is 0 Å². The molecule has 2 rings (SSSR count). The number of likely N-dealkylation sites (tertiary alicyclic amines) is 1. The lowest BCUT2D eigenvalue weighted by Crippen LogP contribution is -2.44. The van der Waals surface area contributed by atoms with Crippen LogP contribution in [0.1, 0.15) is 46.1 Å². The molecule has 1 aliphatic rings. The van der Waals surface area contributed by atoms with Gasteiger partial charge in [-0.1, -0.05) is 19.1 Å². The highest BCUT2D eigenvalue weighted by atomic mass is 127. The molecule has 0 saturated carbocycles. The molecule has 0 aliphatic carbocycles. The number of hydrogen-bond acceptors (Lipinski definition) is 4. The van der Waals surface area contributed by atoms with Gasteiger partial charge in [-0.05, 0) is 51.3 Å². The van der Waals surface area contributed by atoms with Crippen LogP contribution in [0.25, 0.3) is 0 Å². The number of hydrogen-bond donors (Lipinski definition) is 2. The summed E-state index contributed by atoms with van der Waals surface area (Å²) in [6.07, 6.45) is 1.48. The number of aliphatic imine (C=N–C) groups is 1. The van der Waals surface area contributed by atoms with Crippen LogP contribution in [0.15, 0.2) is 29.3 Å². The van der Waals surface area contributed by atoms with E-state index in [9.17, 15) is 4.79 Å². The van der Waals surface area contributed by atoms with Gasteiger partial charge in [-0.15, -0.1) is 24.0 Å². The Kier molecular flexibility index (Phi) is 10.6. The lowest BCUT2D eigenvalue weighted by molar-refractivity contribution is 0.0507. The van der Waals surface area contributed by atoms with Crippen molar-refractivity contribution in [2.45, 2.75) is 58.7 Å². The van der Waals surface area contributed by atoms with Gasteiger partial charge in [0, 0.05) is 26.7 Å². The molecule has 0 bridgehead atoms. The molecule has 1 heterocycles. The lowest BCUT2D eigenvalue weighted by atomic mass is 10.2. The van der Waals surface area contributed by atoms with Gasteiger partial charge in [0.1, 0.15) is 11.4 Å². The maximum atomic E-state index is 12.0. The Balaban J connectivity index is 0.00000420. The van der Waals surface area contributed by atoms with Crippen molar-refractivity contribution in [3.8, 4) is 5.75 Å². The molecule has 1 aromatic carbocycles. The second kappa shape index (κ2) is 12.1. The van der Waals surface area contributed by atoms with Crippen molar-refractivity contribution in [2.24, 2.45) is 4.99 Å². The summed E-state index contributed by atoms with van der Waals surface area (Å²) in [5.41, 5.74) is 0.646. The number of nitrogens with one attached hydrogen (secondary N) is 2. The normalized spacial score (nSPS) is 16.8. The van der Waals surface area contributed by atoms with Crippen molar-refractivity contribution in [1.82, 2.24) is 15.5 Å². The van der Waals surface area contributed by atoms with Crippen LogP contribution in [0.4, 0.5) is 4.79 Å². The summed E-state index contributed by atoms with van der Waals surface area (Å²) in [6, 6.07) is 8.14. The first-order valence-electron chi connectivity index (χ1n) is 9.97. The molecule has 1 aliphatic heterocycles. The number of benzene rings is 1. The zero-order chi connectivity index (χ0) is 20.6. The van der Waals surface area contributed by atoms with Crippen LogP contribution in [0.2, 0.25) is 0 Å². The molecular formula is C21H35IN4O3. The molecule has 1 fully saturated rings. The summed E-state index contributed by atoms with van der Waals surface area (Å²) < 4.78 is 11.0. The Morgan fingerprint density at radius 2 is 2.10 bits per heavy atom. The first-order chi connectivity index (χ1) is 13.3. The molecule has 2 N–H and O–H groups in total. The molecule has 0 radical (unpaired) electrons. The summed E-state index contributed by atoms with van der Waals surface area (Å²) in [4.78, 5) is 18.5. The Labute approximate surface area is 191 Å². The van der Waals surface area contributed by atoms with E-state index in [4.69, 9.17) is 9.47 Å². The van der Waals surface area contributed by atoms with Gasteiger partial charge in [0.2, 0.25) is 0 Å². The number of carbonyl (C=O) groups excluding carboxylic acids is 1. The SMILES string of the molecule is CCCOc1cccc(CNC(=NC)N2CCC(NC(=O)OC(C)(C)C)C2)c1.I. The first kappa shape index (κ1) is 25.3. The molecule has 164 valence electrons. The molecule has 8 heteroatoms. The van der Waals surface area contributed by atoms with Crippen LogP contribution < -0.4 is 15.4 Å². The summed E-state index contributed by atoms with van der Waals surface area (Å²) in [5.74, 6) is 1.72. The molecule has 1 amide bonds. The fraction of sp³-hybridized carbons (Fsp3) is 0.619. The zero-order valence-electron chi connectivity index (χ0n) is 18.2. The molecule has 29 heavy (non-hydrogen) atoms. The molecule has 7 nitrogen and oxygen atoms in total. The molecule has 1 aromatic rings. The molecule has 1 saturated heterocycles. The van der Waals surface area contributed by atoms with Crippen molar-refractivity contribution in [3.63, 3.8) is 0 Å².